The summed E-state index contributed by atoms with van der Waals surface area (Å²) < 4.78 is 4.80. The molecule has 3 rings (SSSR count). The Bertz CT molecular complexity index is 514. The molecule has 1 aliphatic heterocycles. The molecular formula is C15H20N4O. The van der Waals surface area contributed by atoms with Crippen molar-refractivity contribution >= 4 is 0 Å². The molecule has 1 fully saturated rings. The Morgan fingerprint density at radius 1 is 1.35 bits per heavy atom. The van der Waals surface area contributed by atoms with Crippen LogP contribution in [0.1, 0.15) is 24.4 Å². The summed E-state index contributed by atoms with van der Waals surface area (Å²) in [6.45, 7) is 5.20. The van der Waals surface area contributed by atoms with Crippen LogP contribution in [0.3, 0.4) is 0 Å². The first kappa shape index (κ1) is 13.3. The zero-order valence-electron chi connectivity index (χ0n) is 11.7. The number of aromatic nitrogens is 2. The molecule has 1 saturated heterocycles. The lowest BCUT2D eigenvalue weighted by atomic mass is 10.0. The monoisotopic (exact) mass is 272 g/mol. The minimum atomic E-state index is 0.416. The highest BCUT2D eigenvalue weighted by molar-refractivity contribution is 5.20. The third-order valence-electron chi connectivity index (χ3n) is 3.82. The van der Waals surface area contributed by atoms with Crippen molar-refractivity contribution in [2.45, 2.75) is 25.4 Å². The second-order valence-corrected chi connectivity index (χ2v) is 5.33. The molecule has 2 atom stereocenters. The van der Waals surface area contributed by atoms with E-state index in [4.69, 9.17) is 4.52 Å². The Morgan fingerprint density at radius 3 is 2.95 bits per heavy atom. The quantitative estimate of drug-likeness (QED) is 0.917. The third kappa shape index (κ3) is 3.05. The van der Waals surface area contributed by atoms with Crippen molar-refractivity contribution < 1.29 is 4.52 Å². The lowest BCUT2D eigenvalue weighted by Gasteiger charge is -2.39. The fraction of sp³-hybridized carbons (Fsp3) is 0.467. The highest BCUT2D eigenvalue weighted by Crippen LogP contribution is 2.23. The van der Waals surface area contributed by atoms with E-state index in [1.165, 1.54) is 12.0 Å². The van der Waals surface area contributed by atoms with Crippen molar-refractivity contribution in [3.8, 4) is 0 Å². The van der Waals surface area contributed by atoms with E-state index in [0.29, 0.717) is 12.1 Å². The van der Waals surface area contributed by atoms with E-state index in [-0.39, 0.29) is 0 Å². The molecule has 106 valence electrons. The van der Waals surface area contributed by atoms with Crippen molar-refractivity contribution in [3.63, 3.8) is 0 Å². The SMILES string of the molecule is CC1CN(CCc2ncon2)C(c2ccccc2)CN1. The van der Waals surface area contributed by atoms with Crippen molar-refractivity contribution in [1.29, 1.82) is 0 Å². The Morgan fingerprint density at radius 2 is 2.20 bits per heavy atom. The van der Waals surface area contributed by atoms with E-state index < -0.39 is 0 Å². The second-order valence-electron chi connectivity index (χ2n) is 5.33. The van der Waals surface area contributed by atoms with Crippen molar-refractivity contribution in [1.82, 2.24) is 20.4 Å². The number of hydrogen-bond donors (Lipinski definition) is 1. The van der Waals surface area contributed by atoms with Gasteiger partial charge in [-0.1, -0.05) is 35.5 Å². The zero-order valence-corrected chi connectivity index (χ0v) is 11.7. The van der Waals surface area contributed by atoms with Gasteiger partial charge in [-0.05, 0) is 12.5 Å². The van der Waals surface area contributed by atoms with Gasteiger partial charge >= 0.3 is 0 Å². The second kappa shape index (κ2) is 6.15. The first-order valence-electron chi connectivity index (χ1n) is 7.10. The van der Waals surface area contributed by atoms with Gasteiger partial charge in [0.2, 0.25) is 6.39 Å². The van der Waals surface area contributed by atoms with Crippen LogP contribution in [0.15, 0.2) is 41.2 Å². The van der Waals surface area contributed by atoms with Gasteiger partial charge in [0.1, 0.15) is 0 Å². The highest BCUT2D eigenvalue weighted by Gasteiger charge is 2.26. The Hall–Kier alpha value is -1.72. The average molecular weight is 272 g/mol. The zero-order chi connectivity index (χ0) is 13.8. The van der Waals surface area contributed by atoms with Gasteiger partial charge in [-0.2, -0.15) is 4.98 Å². The molecule has 0 spiro atoms. The molecular weight excluding hydrogens is 252 g/mol. The summed E-state index contributed by atoms with van der Waals surface area (Å²) in [5.41, 5.74) is 1.36. The number of nitrogens with zero attached hydrogens (tertiary/aromatic N) is 3. The van der Waals surface area contributed by atoms with Crippen LogP contribution in [-0.2, 0) is 6.42 Å². The Kier molecular flexibility index (Phi) is 4.08. The molecule has 1 aliphatic rings. The maximum atomic E-state index is 4.80. The van der Waals surface area contributed by atoms with E-state index >= 15 is 0 Å². The lowest BCUT2D eigenvalue weighted by Crippen LogP contribution is -2.51. The van der Waals surface area contributed by atoms with Crippen molar-refractivity contribution in [3.05, 3.63) is 48.1 Å². The topological polar surface area (TPSA) is 54.2 Å². The van der Waals surface area contributed by atoms with E-state index in [1.54, 1.807) is 0 Å². The minimum absolute atomic E-state index is 0.416. The molecule has 2 unspecified atom stereocenters. The summed E-state index contributed by atoms with van der Waals surface area (Å²) in [6, 6.07) is 11.6. The maximum Gasteiger partial charge on any atom is 0.213 e. The van der Waals surface area contributed by atoms with Gasteiger partial charge in [-0.15, -0.1) is 0 Å². The summed E-state index contributed by atoms with van der Waals surface area (Å²) in [5.74, 6) is 0.781. The molecule has 0 aliphatic carbocycles. The first-order valence-corrected chi connectivity index (χ1v) is 7.10. The van der Waals surface area contributed by atoms with E-state index in [2.05, 4.69) is 57.6 Å². The fourth-order valence-corrected chi connectivity index (χ4v) is 2.78. The summed E-state index contributed by atoms with van der Waals surface area (Å²) >= 11 is 0. The van der Waals surface area contributed by atoms with Gasteiger partial charge in [0, 0.05) is 38.1 Å². The smallest absolute Gasteiger partial charge is 0.213 e. The van der Waals surface area contributed by atoms with E-state index in [0.717, 1.165) is 31.9 Å². The molecule has 0 saturated carbocycles. The van der Waals surface area contributed by atoms with Gasteiger partial charge in [-0.3, -0.25) is 4.90 Å². The number of piperazine rings is 1. The minimum Gasteiger partial charge on any atom is -0.343 e. The third-order valence-corrected chi connectivity index (χ3v) is 3.82. The lowest BCUT2D eigenvalue weighted by molar-refractivity contribution is 0.136. The van der Waals surface area contributed by atoms with Gasteiger partial charge in [0.25, 0.3) is 0 Å². The standard InChI is InChI=1S/C15H20N4O/c1-12-10-19(8-7-15-17-11-20-18-15)14(9-16-12)13-5-3-2-4-6-13/h2-6,11-12,14,16H,7-10H2,1H3. The normalized spacial score (nSPS) is 23.9. The van der Waals surface area contributed by atoms with Crippen LogP contribution in [0.4, 0.5) is 0 Å². The van der Waals surface area contributed by atoms with Crippen LogP contribution < -0.4 is 5.32 Å². The first-order chi connectivity index (χ1) is 9.83. The van der Waals surface area contributed by atoms with Gasteiger partial charge in [0.15, 0.2) is 5.82 Å². The van der Waals surface area contributed by atoms with Gasteiger partial charge in [0.05, 0.1) is 0 Å². The number of benzene rings is 1. The van der Waals surface area contributed by atoms with Crippen LogP contribution in [0, 0.1) is 0 Å². The average Bonchev–Trinajstić information content (AvgIpc) is 2.99. The van der Waals surface area contributed by atoms with Crippen LogP contribution in [0.2, 0.25) is 0 Å². The van der Waals surface area contributed by atoms with Gasteiger partial charge < -0.3 is 9.84 Å². The molecule has 20 heavy (non-hydrogen) atoms. The van der Waals surface area contributed by atoms with Gasteiger partial charge in [-0.25, -0.2) is 0 Å². The molecule has 0 bridgehead atoms. The van der Waals surface area contributed by atoms with Crippen molar-refractivity contribution in [2.24, 2.45) is 0 Å². The fourth-order valence-electron chi connectivity index (χ4n) is 2.78. The predicted molar refractivity (Wildman–Crippen MR) is 76.2 cm³/mol. The van der Waals surface area contributed by atoms with Crippen molar-refractivity contribution in [2.75, 3.05) is 19.6 Å². The predicted octanol–water partition coefficient (Wildman–Crippen LogP) is 1.65. The molecule has 1 aromatic heterocycles. The summed E-state index contributed by atoms with van der Waals surface area (Å²) in [4.78, 5) is 6.60. The molecule has 1 aromatic carbocycles. The van der Waals surface area contributed by atoms with E-state index in [1.807, 2.05) is 0 Å². The summed E-state index contributed by atoms with van der Waals surface area (Å²) in [6.07, 6.45) is 2.22. The highest BCUT2D eigenvalue weighted by atomic mass is 16.5. The largest absolute Gasteiger partial charge is 0.343 e. The molecule has 2 heterocycles. The molecule has 1 N–H and O–H groups in total. The molecule has 5 nitrogen and oxygen atoms in total. The molecule has 0 amide bonds. The van der Waals surface area contributed by atoms with E-state index in [9.17, 15) is 0 Å². The Labute approximate surface area is 119 Å². The number of rotatable bonds is 4. The number of nitrogens with one attached hydrogen (secondary N) is 1. The summed E-state index contributed by atoms with van der Waals surface area (Å²) in [7, 11) is 0. The van der Waals surface area contributed by atoms with Crippen LogP contribution >= 0.6 is 0 Å². The molecule has 5 heteroatoms. The van der Waals surface area contributed by atoms with Crippen LogP contribution in [0.5, 0.6) is 0 Å². The molecule has 0 radical (unpaired) electrons. The molecule has 2 aromatic rings. The summed E-state index contributed by atoms with van der Waals surface area (Å²) in [5, 5.41) is 7.45. The number of hydrogen-bond acceptors (Lipinski definition) is 5. The van der Waals surface area contributed by atoms with Crippen LogP contribution in [0.25, 0.3) is 0 Å². The maximum absolute atomic E-state index is 4.80. The van der Waals surface area contributed by atoms with Crippen LogP contribution in [-0.4, -0.2) is 40.7 Å². The Balaban J connectivity index is 1.70.